The van der Waals surface area contributed by atoms with Crippen LogP contribution in [0.3, 0.4) is 0 Å². The number of non-ortho nitro benzene ring substituents is 1. The first-order chi connectivity index (χ1) is 11.5. The number of carbonyl (C=O) groups is 1. The van der Waals surface area contributed by atoms with Gasteiger partial charge in [0.15, 0.2) is 5.78 Å². The number of hydrogen-bond donors (Lipinski definition) is 0. The van der Waals surface area contributed by atoms with E-state index in [0.29, 0.717) is 22.7 Å². The van der Waals surface area contributed by atoms with Crippen LogP contribution in [0, 0.1) is 10.1 Å². The van der Waals surface area contributed by atoms with E-state index in [-0.39, 0.29) is 18.1 Å². The van der Waals surface area contributed by atoms with Crippen molar-refractivity contribution in [3.05, 3.63) is 64.0 Å². The van der Waals surface area contributed by atoms with Gasteiger partial charge in [-0.1, -0.05) is 12.1 Å². The van der Waals surface area contributed by atoms with Gasteiger partial charge in [0.1, 0.15) is 18.2 Å². The second kappa shape index (κ2) is 6.11. The Kier molecular flexibility index (Phi) is 3.99. The minimum absolute atomic E-state index is 0.00464. The summed E-state index contributed by atoms with van der Waals surface area (Å²) in [7, 11) is 1.82. The van der Waals surface area contributed by atoms with E-state index in [1.165, 1.54) is 19.1 Å². The number of benzene rings is 2. The number of rotatable bonds is 5. The molecule has 7 heteroatoms. The summed E-state index contributed by atoms with van der Waals surface area (Å²) in [4.78, 5) is 26.4. The molecule has 0 unspecified atom stereocenters. The van der Waals surface area contributed by atoms with Crippen LogP contribution in [-0.4, -0.2) is 20.3 Å². The maximum atomic E-state index is 11.6. The van der Waals surface area contributed by atoms with Gasteiger partial charge in [0.05, 0.1) is 21.5 Å². The molecule has 0 fully saturated rings. The van der Waals surface area contributed by atoms with Crippen molar-refractivity contribution in [3.8, 4) is 5.75 Å². The van der Waals surface area contributed by atoms with Crippen molar-refractivity contribution in [3.63, 3.8) is 0 Å². The van der Waals surface area contributed by atoms with Gasteiger partial charge in [-0.3, -0.25) is 14.9 Å². The lowest BCUT2D eigenvalue weighted by molar-refractivity contribution is -0.384. The Morgan fingerprint density at radius 1 is 1.29 bits per heavy atom. The molecule has 0 aliphatic rings. The van der Waals surface area contributed by atoms with Crippen LogP contribution in [0.4, 0.5) is 5.69 Å². The van der Waals surface area contributed by atoms with E-state index in [2.05, 4.69) is 4.98 Å². The van der Waals surface area contributed by atoms with Crippen molar-refractivity contribution in [2.45, 2.75) is 13.5 Å². The van der Waals surface area contributed by atoms with Crippen LogP contribution in [0.2, 0.25) is 0 Å². The Bertz CT molecular complexity index is 946. The Morgan fingerprint density at radius 3 is 2.75 bits per heavy atom. The number of ketones is 1. The highest BCUT2D eigenvalue weighted by molar-refractivity contribution is 5.96. The Labute approximate surface area is 137 Å². The largest absolute Gasteiger partial charge is 0.485 e. The average molecular weight is 325 g/mol. The fraction of sp³-hybridized carbons (Fsp3) is 0.176. The number of aromatic nitrogens is 2. The molecule has 24 heavy (non-hydrogen) atoms. The SMILES string of the molecule is CC(=O)c1ccccc1OCc1nc2cc([N+](=O)[O-])ccc2n1C. The van der Waals surface area contributed by atoms with E-state index in [1.807, 2.05) is 11.6 Å². The highest BCUT2D eigenvalue weighted by atomic mass is 16.6. The first-order valence-electron chi connectivity index (χ1n) is 7.30. The fourth-order valence-electron chi connectivity index (χ4n) is 2.51. The number of carbonyl (C=O) groups excluding carboxylic acids is 1. The predicted molar refractivity (Wildman–Crippen MR) is 88.1 cm³/mol. The lowest BCUT2D eigenvalue weighted by atomic mass is 10.1. The quantitative estimate of drug-likeness (QED) is 0.408. The van der Waals surface area contributed by atoms with Crippen LogP contribution in [-0.2, 0) is 13.7 Å². The molecule has 1 aromatic heterocycles. The maximum absolute atomic E-state index is 11.6. The molecule has 0 aliphatic heterocycles. The van der Waals surface area contributed by atoms with Gasteiger partial charge in [-0.05, 0) is 25.1 Å². The second-order valence-electron chi connectivity index (χ2n) is 5.36. The van der Waals surface area contributed by atoms with E-state index < -0.39 is 4.92 Å². The molecule has 7 nitrogen and oxygen atoms in total. The van der Waals surface area contributed by atoms with Crippen molar-refractivity contribution in [2.75, 3.05) is 0 Å². The van der Waals surface area contributed by atoms with Gasteiger partial charge in [-0.2, -0.15) is 0 Å². The number of ether oxygens (including phenoxy) is 1. The Morgan fingerprint density at radius 2 is 2.04 bits per heavy atom. The van der Waals surface area contributed by atoms with Gasteiger partial charge >= 0.3 is 0 Å². The number of para-hydroxylation sites is 1. The smallest absolute Gasteiger partial charge is 0.271 e. The zero-order valence-electron chi connectivity index (χ0n) is 13.2. The number of fused-ring (bicyclic) bond motifs is 1. The van der Waals surface area contributed by atoms with Gasteiger partial charge in [-0.15, -0.1) is 0 Å². The third-order valence-electron chi connectivity index (χ3n) is 3.79. The fourth-order valence-corrected chi connectivity index (χ4v) is 2.51. The van der Waals surface area contributed by atoms with Crippen LogP contribution in [0.15, 0.2) is 42.5 Å². The molecule has 0 radical (unpaired) electrons. The molecule has 0 bridgehead atoms. The number of nitro benzene ring substituents is 1. The third-order valence-corrected chi connectivity index (χ3v) is 3.79. The third kappa shape index (κ3) is 2.83. The molecular formula is C17H15N3O4. The summed E-state index contributed by atoms with van der Waals surface area (Å²) in [6.45, 7) is 1.64. The van der Waals surface area contributed by atoms with Crippen molar-refractivity contribution >= 4 is 22.5 Å². The number of Topliss-reactive ketones (excluding diaryl/α,β-unsaturated/α-hetero) is 1. The highest BCUT2D eigenvalue weighted by Crippen LogP contribution is 2.23. The van der Waals surface area contributed by atoms with Crippen molar-refractivity contribution in [1.82, 2.24) is 9.55 Å². The van der Waals surface area contributed by atoms with Gasteiger partial charge in [0, 0.05) is 19.2 Å². The summed E-state index contributed by atoms with van der Waals surface area (Å²) in [5.41, 5.74) is 1.81. The van der Waals surface area contributed by atoms with Crippen molar-refractivity contribution in [1.29, 1.82) is 0 Å². The van der Waals surface area contributed by atoms with Crippen LogP contribution in [0.1, 0.15) is 23.1 Å². The van der Waals surface area contributed by atoms with Crippen LogP contribution in [0.25, 0.3) is 11.0 Å². The summed E-state index contributed by atoms with van der Waals surface area (Å²) in [6, 6.07) is 11.5. The molecule has 1 heterocycles. The number of imidazole rings is 1. The van der Waals surface area contributed by atoms with Crippen molar-refractivity contribution < 1.29 is 14.5 Å². The predicted octanol–water partition coefficient (Wildman–Crippen LogP) is 3.26. The average Bonchev–Trinajstić information content (AvgIpc) is 2.88. The first-order valence-corrected chi connectivity index (χ1v) is 7.30. The van der Waals surface area contributed by atoms with E-state index in [4.69, 9.17) is 4.74 Å². The molecule has 0 atom stereocenters. The normalized spacial score (nSPS) is 10.8. The number of hydrogen-bond acceptors (Lipinski definition) is 5. The molecule has 0 saturated heterocycles. The minimum Gasteiger partial charge on any atom is -0.485 e. The molecule has 0 aliphatic carbocycles. The van der Waals surface area contributed by atoms with Gasteiger partial charge in [-0.25, -0.2) is 4.98 Å². The summed E-state index contributed by atoms with van der Waals surface area (Å²) in [5, 5.41) is 10.9. The number of nitro groups is 1. The molecular weight excluding hydrogens is 310 g/mol. The topological polar surface area (TPSA) is 87.3 Å². The van der Waals surface area contributed by atoms with Crippen LogP contribution >= 0.6 is 0 Å². The molecule has 3 aromatic rings. The van der Waals surface area contributed by atoms with E-state index in [1.54, 1.807) is 30.3 Å². The second-order valence-corrected chi connectivity index (χ2v) is 5.36. The van der Waals surface area contributed by atoms with Crippen molar-refractivity contribution in [2.24, 2.45) is 7.05 Å². The first kappa shape index (κ1) is 15.7. The van der Waals surface area contributed by atoms with Gasteiger partial charge in [0.25, 0.3) is 5.69 Å². The zero-order chi connectivity index (χ0) is 17.3. The summed E-state index contributed by atoms with van der Waals surface area (Å²) in [6.07, 6.45) is 0. The number of nitrogens with zero attached hydrogens (tertiary/aromatic N) is 3. The van der Waals surface area contributed by atoms with Crippen LogP contribution in [0.5, 0.6) is 5.75 Å². The molecule has 0 saturated carbocycles. The molecule has 3 rings (SSSR count). The lowest BCUT2D eigenvalue weighted by Crippen LogP contribution is -2.06. The lowest BCUT2D eigenvalue weighted by Gasteiger charge is -2.09. The zero-order valence-corrected chi connectivity index (χ0v) is 13.2. The summed E-state index contributed by atoms with van der Waals surface area (Å²) in [5.74, 6) is 1.03. The highest BCUT2D eigenvalue weighted by Gasteiger charge is 2.14. The molecule has 122 valence electrons. The molecule has 0 N–H and O–H groups in total. The van der Waals surface area contributed by atoms with E-state index in [0.717, 1.165) is 5.52 Å². The molecule has 0 amide bonds. The summed E-state index contributed by atoms with van der Waals surface area (Å²) < 4.78 is 7.55. The van der Waals surface area contributed by atoms with Gasteiger partial charge < -0.3 is 9.30 Å². The van der Waals surface area contributed by atoms with Gasteiger partial charge in [0.2, 0.25) is 0 Å². The maximum Gasteiger partial charge on any atom is 0.271 e. The molecule has 0 spiro atoms. The monoisotopic (exact) mass is 325 g/mol. The van der Waals surface area contributed by atoms with E-state index in [9.17, 15) is 14.9 Å². The van der Waals surface area contributed by atoms with E-state index >= 15 is 0 Å². The summed E-state index contributed by atoms with van der Waals surface area (Å²) >= 11 is 0. The Balaban J connectivity index is 1.90. The standard InChI is InChI=1S/C17H15N3O4/c1-11(21)13-5-3-4-6-16(13)24-10-17-18-14-9-12(20(22)23)7-8-15(14)19(17)2/h3-9H,10H2,1-2H3. The Hall–Kier alpha value is -3.22. The van der Waals surface area contributed by atoms with Crippen LogP contribution < -0.4 is 4.74 Å². The minimum atomic E-state index is -0.451. The molecule has 2 aromatic carbocycles. The number of aryl methyl sites for hydroxylation is 1.